The number of carbonyl (C=O) groups excluding carboxylic acids is 3. The predicted octanol–water partition coefficient (Wildman–Crippen LogP) is 2.69. The second-order valence-corrected chi connectivity index (χ2v) is 11.3. The summed E-state index contributed by atoms with van der Waals surface area (Å²) in [7, 11) is -3.98. The normalized spacial score (nSPS) is 14.7. The summed E-state index contributed by atoms with van der Waals surface area (Å²) in [5, 5.41) is 2.65. The van der Waals surface area contributed by atoms with Crippen LogP contribution >= 0.6 is 0 Å². The summed E-state index contributed by atoms with van der Waals surface area (Å²) >= 11 is 0. The predicted molar refractivity (Wildman–Crippen MR) is 135 cm³/mol. The summed E-state index contributed by atoms with van der Waals surface area (Å²) in [4.78, 5) is 42.9. The van der Waals surface area contributed by atoms with Gasteiger partial charge >= 0.3 is 6.61 Å². The zero-order valence-electron chi connectivity index (χ0n) is 21.5. The molecule has 2 heterocycles. The highest BCUT2D eigenvalue weighted by atomic mass is 32.2. The third-order valence-corrected chi connectivity index (χ3v) is 7.48. The van der Waals surface area contributed by atoms with Crippen LogP contribution in [0, 0.1) is 6.92 Å². The van der Waals surface area contributed by atoms with Gasteiger partial charge in [0.25, 0.3) is 0 Å². The number of hydrogen-bond donors (Lipinski definition) is 2. The maximum absolute atomic E-state index is 13.8. The van der Waals surface area contributed by atoms with Crippen molar-refractivity contribution in [2.75, 3.05) is 24.2 Å². The number of rotatable bonds is 10. The van der Waals surface area contributed by atoms with Gasteiger partial charge in [0.2, 0.25) is 33.6 Å². The minimum absolute atomic E-state index is 0.0298. The first-order chi connectivity index (χ1) is 17.7. The number of anilines is 1. The van der Waals surface area contributed by atoms with Crippen LogP contribution in [0.25, 0.3) is 0 Å². The highest BCUT2D eigenvalue weighted by Gasteiger charge is 2.53. The van der Waals surface area contributed by atoms with Crippen molar-refractivity contribution in [2.45, 2.75) is 52.1 Å². The van der Waals surface area contributed by atoms with Crippen LogP contribution in [0.3, 0.4) is 0 Å². The number of sulfonamides is 1. The highest BCUT2D eigenvalue weighted by Crippen LogP contribution is 2.40. The third kappa shape index (κ3) is 6.63. The summed E-state index contributed by atoms with van der Waals surface area (Å²) in [5.41, 5.74) is 0.662. The molecule has 2 N–H and O–H groups in total. The monoisotopic (exact) mass is 552 g/mol. The minimum Gasteiger partial charge on any atom is -0.415 e. The van der Waals surface area contributed by atoms with E-state index in [0.717, 1.165) is 12.5 Å². The van der Waals surface area contributed by atoms with Crippen LogP contribution in [0.2, 0.25) is 0 Å². The molecule has 0 atom stereocenters. The Morgan fingerprint density at radius 2 is 1.79 bits per heavy atom. The van der Waals surface area contributed by atoms with Gasteiger partial charge in [0, 0.05) is 32.1 Å². The van der Waals surface area contributed by atoms with Crippen molar-refractivity contribution in [3.05, 3.63) is 53.2 Å². The SMILES string of the molecule is CC(=O)NS(=O)(=O)CCC(=O)N1CC(C(=O)Nc2ccc(C)nc2OC(F)F)(c2ccccc2C(C)C)C1. The lowest BCUT2D eigenvalue weighted by atomic mass is 9.69. The molecule has 1 aliphatic heterocycles. The lowest BCUT2D eigenvalue weighted by Crippen LogP contribution is -2.66. The van der Waals surface area contributed by atoms with Crippen LogP contribution in [-0.2, 0) is 29.8 Å². The average molecular weight is 553 g/mol. The molecular formula is C25H30F2N4O6S. The standard InChI is InChI=1S/C25H30F2N4O6S/c1-15(2)18-7-5-6-8-19(18)25(13-31(14-25)21(33)11-12-38(35,36)30-17(4)32)23(34)29-20-10-9-16(3)28-22(20)37-24(26)27/h5-10,15,24H,11-14H2,1-4H3,(H,29,34)(H,30,32). The molecule has 2 aromatic rings. The van der Waals surface area contributed by atoms with Gasteiger partial charge in [0.05, 0.1) is 5.75 Å². The maximum atomic E-state index is 13.8. The number of alkyl halides is 2. The molecule has 1 saturated heterocycles. The van der Waals surface area contributed by atoms with E-state index in [9.17, 15) is 31.6 Å². The van der Waals surface area contributed by atoms with E-state index >= 15 is 0 Å². The molecule has 38 heavy (non-hydrogen) atoms. The number of ether oxygens (including phenoxy) is 1. The Morgan fingerprint density at radius 1 is 1.13 bits per heavy atom. The Labute approximate surface area is 219 Å². The second-order valence-electron chi connectivity index (χ2n) is 9.44. The van der Waals surface area contributed by atoms with Gasteiger partial charge in [0.1, 0.15) is 11.1 Å². The Bertz CT molecular complexity index is 1330. The highest BCUT2D eigenvalue weighted by molar-refractivity contribution is 7.90. The number of carbonyl (C=O) groups is 3. The zero-order valence-corrected chi connectivity index (χ0v) is 22.3. The fraction of sp³-hybridized carbons (Fsp3) is 0.440. The zero-order chi connectivity index (χ0) is 28.3. The number of aromatic nitrogens is 1. The number of pyridine rings is 1. The fourth-order valence-electron chi connectivity index (χ4n) is 4.35. The number of nitrogens with one attached hydrogen (secondary N) is 2. The molecule has 3 amide bonds. The van der Waals surface area contributed by atoms with E-state index in [-0.39, 0.29) is 31.1 Å². The number of hydrogen-bond acceptors (Lipinski definition) is 7. The Balaban J connectivity index is 1.89. The summed E-state index contributed by atoms with van der Waals surface area (Å²) in [6.07, 6.45) is -0.388. The molecule has 13 heteroatoms. The molecule has 206 valence electrons. The third-order valence-electron chi connectivity index (χ3n) is 6.14. The molecule has 0 spiro atoms. The van der Waals surface area contributed by atoms with E-state index in [1.54, 1.807) is 23.8 Å². The second kappa shape index (κ2) is 11.4. The topological polar surface area (TPSA) is 135 Å². The molecule has 1 aromatic carbocycles. The largest absolute Gasteiger partial charge is 0.415 e. The van der Waals surface area contributed by atoms with Gasteiger partial charge < -0.3 is 15.0 Å². The Morgan fingerprint density at radius 3 is 2.39 bits per heavy atom. The Hall–Kier alpha value is -3.61. The van der Waals surface area contributed by atoms with Gasteiger partial charge in [-0.25, -0.2) is 13.4 Å². The van der Waals surface area contributed by atoms with Crippen molar-refractivity contribution >= 4 is 33.4 Å². The van der Waals surface area contributed by atoms with E-state index < -0.39 is 51.4 Å². The van der Waals surface area contributed by atoms with Crippen molar-refractivity contribution in [2.24, 2.45) is 0 Å². The van der Waals surface area contributed by atoms with Gasteiger partial charge in [-0.3, -0.25) is 19.1 Å². The summed E-state index contributed by atoms with van der Waals surface area (Å²) in [6.45, 7) is 3.27. The van der Waals surface area contributed by atoms with Gasteiger partial charge in [-0.05, 0) is 36.1 Å². The first-order valence-corrected chi connectivity index (χ1v) is 13.5. The van der Waals surface area contributed by atoms with Gasteiger partial charge in [-0.1, -0.05) is 38.1 Å². The van der Waals surface area contributed by atoms with Crippen molar-refractivity contribution < 1.29 is 36.3 Å². The first-order valence-electron chi connectivity index (χ1n) is 11.9. The molecule has 10 nitrogen and oxygen atoms in total. The summed E-state index contributed by atoms with van der Waals surface area (Å²) < 4.78 is 56.1. The van der Waals surface area contributed by atoms with Crippen LogP contribution in [0.15, 0.2) is 36.4 Å². The average Bonchev–Trinajstić information content (AvgIpc) is 2.78. The molecule has 0 aliphatic carbocycles. The van der Waals surface area contributed by atoms with E-state index in [0.29, 0.717) is 11.3 Å². The number of likely N-dealkylation sites (tertiary alicyclic amines) is 1. The molecule has 0 unspecified atom stereocenters. The number of nitrogens with zero attached hydrogens (tertiary/aromatic N) is 2. The van der Waals surface area contributed by atoms with Crippen molar-refractivity contribution in [1.82, 2.24) is 14.6 Å². The molecular weight excluding hydrogens is 522 g/mol. The molecule has 0 radical (unpaired) electrons. The van der Waals surface area contributed by atoms with E-state index in [4.69, 9.17) is 0 Å². The smallest absolute Gasteiger partial charge is 0.388 e. The van der Waals surface area contributed by atoms with E-state index in [1.165, 1.54) is 17.0 Å². The number of amides is 3. The van der Waals surface area contributed by atoms with Crippen molar-refractivity contribution in [1.29, 1.82) is 0 Å². The first kappa shape index (κ1) is 29.0. The molecule has 1 aromatic heterocycles. The summed E-state index contributed by atoms with van der Waals surface area (Å²) in [5.74, 6) is -2.82. The fourth-order valence-corrected chi connectivity index (χ4v) is 5.33. The van der Waals surface area contributed by atoms with Crippen LogP contribution in [0.4, 0.5) is 14.5 Å². The molecule has 1 fully saturated rings. The molecule has 1 aliphatic rings. The van der Waals surface area contributed by atoms with E-state index in [1.807, 2.05) is 26.0 Å². The van der Waals surface area contributed by atoms with Gasteiger partial charge in [-0.2, -0.15) is 8.78 Å². The van der Waals surface area contributed by atoms with Crippen molar-refractivity contribution in [3.63, 3.8) is 0 Å². The van der Waals surface area contributed by atoms with Crippen LogP contribution in [0.5, 0.6) is 5.88 Å². The lowest BCUT2D eigenvalue weighted by molar-refractivity contribution is -0.143. The molecule has 0 saturated carbocycles. The van der Waals surface area contributed by atoms with Crippen LogP contribution < -0.4 is 14.8 Å². The quantitative estimate of drug-likeness (QED) is 0.463. The molecule has 0 bridgehead atoms. The number of benzene rings is 1. The van der Waals surface area contributed by atoms with Gasteiger partial charge in [-0.15, -0.1) is 0 Å². The van der Waals surface area contributed by atoms with Crippen molar-refractivity contribution in [3.8, 4) is 5.88 Å². The number of aryl methyl sites for hydroxylation is 1. The van der Waals surface area contributed by atoms with Gasteiger partial charge in [0.15, 0.2) is 0 Å². The molecule has 3 rings (SSSR count). The lowest BCUT2D eigenvalue weighted by Gasteiger charge is -2.50. The van der Waals surface area contributed by atoms with Crippen LogP contribution in [-0.4, -0.2) is 61.5 Å². The maximum Gasteiger partial charge on any atom is 0.388 e. The Kier molecular flexibility index (Phi) is 8.70. The summed E-state index contributed by atoms with van der Waals surface area (Å²) in [6, 6.07) is 10.2. The minimum atomic E-state index is -3.98. The number of halogens is 2. The van der Waals surface area contributed by atoms with E-state index in [2.05, 4.69) is 15.0 Å². The van der Waals surface area contributed by atoms with Crippen LogP contribution in [0.1, 0.15) is 49.9 Å².